The van der Waals surface area contributed by atoms with Crippen LogP contribution in [0.4, 0.5) is 5.82 Å². The maximum Gasteiger partial charge on any atom is 0.334 e. The molecule has 2 aromatic rings. The van der Waals surface area contributed by atoms with Crippen LogP contribution >= 0.6 is 0 Å². The van der Waals surface area contributed by atoms with Gasteiger partial charge in [-0.1, -0.05) is 18.2 Å². The van der Waals surface area contributed by atoms with Gasteiger partial charge >= 0.3 is 5.69 Å². The summed E-state index contributed by atoms with van der Waals surface area (Å²) in [5.41, 5.74) is 0.885. The summed E-state index contributed by atoms with van der Waals surface area (Å²) in [4.78, 5) is 25.1. The van der Waals surface area contributed by atoms with Crippen molar-refractivity contribution in [2.75, 3.05) is 19.0 Å². The average molecular weight is 245 g/mol. The Balaban J connectivity index is 2.83. The number of para-hydroxylation sites is 1. The van der Waals surface area contributed by atoms with Gasteiger partial charge in [0.1, 0.15) is 11.5 Å². The lowest BCUT2D eigenvalue weighted by Gasteiger charge is -2.15. The number of aromatic nitrogens is 2. The maximum absolute atomic E-state index is 12.2. The quantitative estimate of drug-likeness (QED) is 0.759. The highest BCUT2D eigenvalue weighted by molar-refractivity contribution is 5.81. The van der Waals surface area contributed by atoms with Crippen molar-refractivity contribution in [3.05, 3.63) is 46.5 Å². The molecule has 0 unspecified atom stereocenters. The standard InChI is InChI=1S/C13H15N3O2/c1-14(2)12-11(9-17)15(3)13(18)16(12)10-7-5-4-6-8-10/h4-9H,1-3H3. The van der Waals surface area contributed by atoms with E-state index in [-0.39, 0.29) is 5.69 Å². The molecule has 1 aromatic carbocycles. The van der Waals surface area contributed by atoms with E-state index in [1.807, 2.05) is 30.3 Å². The topological polar surface area (TPSA) is 47.2 Å². The predicted octanol–water partition coefficient (Wildman–Crippen LogP) is 1.05. The maximum atomic E-state index is 12.2. The Hall–Kier alpha value is -2.30. The Labute approximate surface area is 105 Å². The number of hydrogen-bond acceptors (Lipinski definition) is 3. The van der Waals surface area contributed by atoms with Crippen molar-refractivity contribution < 1.29 is 4.79 Å². The van der Waals surface area contributed by atoms with Gasteiger partial charge in [0.2, 0.25) is 0 Å². The molecule has 0 radical (unpaired) electrons. The monoisotopic (exact) mass is 245 g/mol. The highest BCUT2D eigenvalue weighted by Gasteiger charge is 2.19. The van der Waals surface area contributed by atoms with E-state index < -0.39 is 0 Å². The van der Waals surface area contributed by atoms with Crippen LogP contribution in [0.1, 0.15) is 10.5 Å². The summed E-state index contributed by atoms with van der Waals surface area (Å²) in [6, 6.07) is 9.27. The lowest BCUT2D eigenvalue weighted by atomic mass is 10.3. The van der Waals surface area contributed by atoms with Crippen LogP contribution in [-0.2, 0) is 7.05 Å². The van der Waals surface area contributed by atoms with Gasteiger partial charge in [-0.2, -0.15) is 0 Å². The Kier molecular flexibility index (Phi) is 3.06. The van der Waals surface area contributed by atoms with E-state index in [0.29, 0.717) is 17.8 Å². The molecule has 5 heteroatoms. The number of rotatable bonds is 3. The molecule has 0 saturated carbocycles. The number of aldehydes is 1. The van der Waals surface area contributed by atoms with E-state index in [4.69, 9.17) is 0 Å². The molecule has 0 fully saturated rings. The number of carbonyl (C=O) groups is 1. The largest absolute Gasteiger partial charge is 0.362 e. The van der Waals surface area contributed by atoms with E-state index >= 15 is 0 Å². The van der Waals surface area contributed by atoms with E-state index in [0.717, 1.165) is 5.69 Å². The molecule has 0 aliphatic heterocycles. The van der Waals surface area contributed by atoms with Crippen LogP contribution in [0.25, 0.3) is 5.69 Å². The zero-order valence-corrected chi connectivity index (χ0v) is 10.6. The summed E-state index contributed by atoms with van der Waals surface area (Å²) in [5, 5.41) is 0. The first-order valence-electron chi connectivity index (χ1n) is 5.57. The number of anilines is 1. The summed E-state index contributed by atoms with van der Waals surface area (Å²) in [6.07, 6.45) is 0.705. The van der Waals surface area contributed by atoms with E-state index in [2.05, 4.69) is 0 Å². The second-order valence-corrected chi connectivity index (χ2v) is 4.23. The van der Waals surface area contributed by atoms with E-state index in [9.17, 15) is 9.59 Å². The highest BCUT2D eigenvalue weighted by atomic mass is 16.2. The molecule has 0 bridgehead atoms. The molecule has 1 aromatic heterocycles. The molecule has 94 valence electrons. The SMILES string of the molecule is CN(C)c1c(C=O)n(C)c(=O)n1-c1ccccc1. The van der Waals surface area contributed by atoms with Crippen LogP contribution in [0, 0.1) is 0 Å². The first-order valence-corrected chi connectivity index (χ1v) is 5.57. The van der Waals surface area contributed by atoms with Crippen LogP contribution in [0.2, 0.25) is 0 Å². The molecule has 0 aliphatic rings. The molecule has 2 rings (SSSR count). The van der Waals surface area contributed by atoms with Gasteiger partial charge < -0.3 is 4.90 Å². The van der Waals surface area contributed by atoms with Crippen molar-refractivity contribution in [2.24, 2.45) is 7.05 Å². The zero-order chi connectivity index (χ0) is 13.3. The van der Waals surface area contributed by atoms with Gasteiger partial charge in [0.15, 0.2) is 6.29 Å². The third-order valence-corrected chi connectivity index (χ3v) is 2.83. The van der Waals surface area contributed by atoms with E-state index in [1.54, 1.807) is 26.0 Å². The van der Waals surface area contributed by atoms with Gasteiger partial charge in [-0.25, -0.2) is 9.36 Å². The normalized spacial score (nSPS) is 10.4. The van der Waals surface area contributed by atoms with Crippen molar-refractivity contribution >= 4 is 12.1 Å². The van der Waals surface area contributed by atoms with Crippen molar-refractivity contribution in [3.8, 4) is 5.69 Å². The van der Waals surface area contributed by atoms with Crippen LogP contribution in [0.3, 0.4) is 0 Å². The number of nitrogens with zero attached hydrogens (tertiary/aromatic N) is 3. The first-order chi connectivity index (χ1) is 8.57. The summed E-state index contributed by atoms with van der Waals surface area (Å²) >= 11 is 0. The van der Waals surface area contributed by atoms with Crippen molar-refractivity contribution in [1.82, 2.24) is 9.13 Å². The molecule has 0 amide bonds. The minimum Gasteiger partial charge on any atom is -0.362 e. The average Bonchev–Trinajstić information content (AvgIpc) is 2.63. The third kappa shape index (κ3) is 1.73. The molecule has 1 heterocycles. The minimum atomic E-state index is -0.230. The van der Waals surface area contributed by atoms with Crippen LogP contribution in [-0.4, -0.2) is 29.5 Å². The lowest BCUT2D eigenvalue weighted by molar-refractivity contribution is 0.111. The molecular weight excluding hydrogens is 230 g/mol. The predicted molar refractivity (Wildman–Crippen MR) is 70.7 cm³/mol. The molecular formula is C13H15N3O2. The van der Waals surface area contributed by atoms with Crippen LogP contribution in [0.5, 0.6) is 0 Å². The zero-order valence-electron chi connectivity index (χ0n) is 10.6. The van der Waals surface area contributed by atoms with Gasteiger partial charge in [0, 0.05) is 21.1 Å². The van der Waals surface area contributed by atoms with Crippen molar-refractivity contribution in [2.45, 2.75) is 0 Å². The second-order valence-electron chi connectivity index (χ2n) is 4.23. The molecule has 18 heavy (non-hydrogen) atoms. The Morgan fingerprint density at radius 3 is 2.28 bits per heavy atom. The third-order valence-electron chi connectivity index (χ3n) is 2.83. The number of benzene rings is 1. The lowest BCUT2D eigenvalue weighted by Crippen LogP contribution is -2.23. The summed E-state index contributed by atoms with van der Waals surface area (Å²) < 4.78 is 2.89. The highest BCUT2D eigenvalue weighted by Crippen LogP contribution is 2.19. The van der Waals surface area contributed by atoms with Gasteiger partial charge in [0.25, 0.3) is 0 Å². The number of imidazole rings is 1. The van der Waals surface area contributed by atoms with Gasteiger partial charge in [-0.3, -0.25) is 9.36 Å². The number of hydrogen-bond donors (Lipinski definition) is 0. The summed E-state index contributed by atoms with van der Waals surface area (Å²) in [5.74, 6) is 0.587. The minimum absolute atomic E-state index is 0.230. The Morgan fingerprint density at radius 2 is 1.78 bits per heavy atom. The van der Waals surface area contributed by atoms with Crippen molar-refractivity contribution in [3.63, 3.8) is 0 Å². The fourth-order valence-corrected chi connectivity index (χ4v) is 1.98. The first kappa shape index (κ1) is 12.2. The van der Waals surface area contributed by atoms with Gasteiger partial charge in [0.05, 0.1) is 5.69 Å². The van der Waals surface area contributed by atoms with Gasteiger partial charge in [-0.15, -0.1) is 0 Å². The van der Waals surface area contributed by atoms with Crippen LogP contribution < -0.4 is 10.6 Å². The second kappa shape index (κ2) is 4.52. The van der Waals surface area contributed by atoms with Crippen molar-refractivity contribution in [1.29, 1.82) is 0 Å². The Bertz CT molecular complexity index is 624. The fraction of sp³-hybridized carbons (Fsp3) is 0.231. The summed E-state index contributed by atoms with van der Waals surface area (Å²) in [7, 11) is 5.21. The molecule has 5 nitrogen and oxygen atoms in total. The molecule has 0 atom stereocenters. The van der Waals surface area contributed by atoms with Gasteiger partial charge in [-0.05, 0) is 12.1 Å². The molecule has 0 spiro atoms. The molecule has 0 N–H and O–H groups in total. The Morgan fingerprint density at radius 1 is 1.17 bits per heavy atom. The smallest absolute Gasteiger partial charge is 0.334 e. The van der Waals surface area contributed by atoms with Crippen LogP contribution in [0.15, 0.2) is 35.1 Å². The fourth-order valence-electron chi connectivity index (χ4n) is 1.98. The summed E-state index contributed by atoms with van der Waals surface area (Å²) in [6.45, 7) is 0. The molecule has 0 saturated heterocycles. The number of carbonyl (C=O) groups excluding carboxylic acids is 1. The van der Waals surface area contributed by atoms with E-state index in [1.165, 1.54) is 9.13 Å². The molecule has 0 aliphatic carbocycles.